The van der Waals surface area contributed by atoms with Gasteiger partial charge in [0.05, 0.1) is 23.5 Å². The molecule has 0 aliphatic heterocycles. The van der Waals surface area contributed by atoms with Gasteiger partial charge >= 0.3 is 0 Å². The number of hydrazone groups is 1. The SMILES string of the molecule is CCOc1ccc(/C=N\Nc2nc(SCC(=O)Nc3ccc(S(=O)(=O)N(CC)CC)cc3)n[nH]2)cc1. The van der Waals surface area contributed by atoms with E-state index in [2.05, 4.69) is 31.0 Å². The average Bonchev–Trinajstić information content (AvgIpc) is 3.33. The molecule has 13 heteroatoms. The van der Waals surface area contributed by atoms with Crippen LogP contribution < -0.4 is 15.5 Å². The van der Waals surface area contributed by atoms with Gasteiger partial charge in [0.2, 0.25) is 27.0 Å². The van der Waals surface area contributed by atoms with Crippen molar-refractivity contribution in [2.45, 2.75) is 30.8 Å². The van der Waals surface area contributed by atoms with Crippen LogP contribution in [0.4, 0.5) is 11.6 Å². The third-order valence-corrected chi connectivity index (χ3v) is 7.77. The Hall–Kier alpha value is -3.42. The van der Waals surface area contributed by atoms with Crippen LogP contribution in [0.5, 0.6) is 5.75 Å². The number of H-pyrrole nitrogens is 1. The zero-order chi connectivity index (χ0) is 26.0. The zero-order valence-electron chi connectivity index (χ0n) is 20.3. The van der Waals surface area contributed by atoms with Crippen molar-refractivity contribution in [2.75, 3.05) is 36.2 Å². The number of hydrogen-bond acceptors (Lipinski definition) is 9. The summed E-state index contributed by atoms with van der Waals surface area (Å²) in [6, 6.07) is 13.6. The molecule has 0 saturated heterocycles. The van der Waals surface area contributed by atoms with Crippen LogP contribution in [0.2, 0.25) is 0 Å². The number of amides is 1. The number of rotatable bonds is 13. The number of sulfonamides is 1. The molecule has 0 aliphatic carbocycles. The summed E-state index contributed by atoms with van der Waals surface area (Å²) in [5.41, 5.74) is 4.14. The van der Waals surface area contributed by atoms with Crippen LogP contribution in [0.25, 0.3) is 0 Å². The van der Waals surface area contributed by atoms with Gasteiger partial charge in [-0.15, -0.1) is 5.10 Å². The maximum absolute atomic E-state index is 12.6. The molecule has 0 radical (unpaired) electrons. The smallest absolute Gasteiger partial charge is 0.243 e. The average molecular weight is 532 g/mol. The largest absolute Gasteiger partial charge is 0.494 e. The van der Waals surface area contributed by atoms with Gasteiger partial charge in [-0.1, -0.05) is 25.6 Å². The Labute approximate surface area is 214 Å². The normalized spacial score (nSPS) is 11.7. The Bertz CT molecular complexity index is 1260. The van der Waals surface area contributed by atoms with E-state index >= 15 is 0 Å². The molecular formula is C23H29N7O4S2. The monoisotopic (exact) mass is 531 g/mol. The van der Waals surface area contributed by atoms with E-state index in [1.54, 1.807) is 32.2 Å². The molecule has 1 heterocycles. The van der Waals surface area contributed by atoms with Crippen LogP contribution >= 0.6 is 11.8 Å². The van der Waals surface area contributed by atoms with Crippen molar-refractivity contribution in [3.63, 3.8) is 0 Å². The van der Waals surface area contributed by atoms with E-state index in [0.29, 0.717) is 36.5 Å². The van der Waals surface area contributed by atoms with E-state index in [1.165, 1.54) is 16.4 Å². The fourth-order valence-corrected chi connectivity index (χ4v) is 5.15. The van der Waals surface area contributed by atoms with E-state index in [4.69, 9.17) is 4.74 Å². The number of aromatic amines is 1. The van der Waals surface area contributed by atoms with Crippen LogP contribution in [0, 0.1) is 0 Å². The number of nitrogens with zero attached hydrogens (tertiary/aromatic N) is 4. The highest BCUT2D eigenvalue weighted by Crippen LogP contribution is 2.19. The fraction of sp³-hybridized carbons (Fsp3) is 0.304. The number of thioether (sulfide) groups is 1. The second-order valence-corrected chi connectivity index (χ2v) is 10.2. The van der Waals surface area contributed by atoms with Crippen molar-refractivity contribution in [3.05, 3.63) is 54.1 Å². The first-order valence-electron chi connectivity index (χ1n) is 11.3. The number of carbonyl (C=O) groups is 1. The van der Waals surface area contributed by atoms with Gasteiger partial charge in [0.25, 0.3) is 0 Å². The first-order chi connectivity index (χ1) is 17.3. The Kier molecular flexibility index (Phi) is 9.85. The standard InChI is InChI=1S/C23H29N7O4S2/c1-4-30(5-2)36(32,33)20-13-9-18(10-14-20)25-21(31)16-35-23-26-22(28-29-23)27-24-15-17-7-11-19(12-8-17)34-6-3/h7-15H,4-6,16H2,1-3H3,(H,25,31)(H2,26,27,28,29)/b24-15-. The summed E-state index contributed by atoms with van der Waals surface area (Å²) in [6.07, 6.45) is 1.64. The quantitative estimate of drug-likeness (QED) is 0.173. The Balaban J connectivity index is 1.46. The minimum absolute atomic E-state index is 0.0756. The number of benzene rings is 2. The molecule has 0 aliphatic rings. The molecule has 1 amide bonds. The number of carbonyl (C=O) groups excluding carboxylic acids is 1. The maximum Gasteiger partial charge on any atom is 0.243 e. The summed E-state index contributed by atoms with van der Waals surface area (Å²) >= 11 is 1.15. The first-order valence-corrected chi connectivity index (χ1v) is 13.8. The molecular weight excluding hydrogens is 502 g/mol. The number of hydrogen-bond donors (Lipinski definition) is 3. The van der Waals surface area contributed by atoms with Crippen molar-refractivity contribution >= 4 is 45.5 Å². The van der Waals surface area contributed by atoms with Gasteiger partial charge in [-0.2, -0.15) is 14.4 Å². The second kappa shape index (κ2) is 13.0. The maximum atomic E-state index is 12.6. The molecule has 192 valence electrons. The molecule has 36 heavy (non-hydrogen) atoms. The number of ether oxygens (including phenoxy) is 1. The summed E-state index contributed by atoms with van der Waals surface area (Å²) in [4.78, 5) is 16.7. The summed E-state index contributed by atoms with van der Waals surface area (Å²) in [5, 5.41) is 14.0. The highest BCUT2D eigenvalue weighted by atomic mass is 32.2. The lowest BCUT2D eigenvalue weighted by Crippen LogP contribution is -2.30. The van der Waals surface area contributed by atoms with E-state index in [-0.39, 0.29) is 16.6 Å². The van der Waals surface area contributed by atoms with Gasteiger partial charge in [0, 0.05) is 18.8 Å². The molecule has 0 saturated carbocycles. The molecule has 0 bridgehead atoms. The number of anilines is 2. The van der Waals surface area contributed by atoms with E-state index in [1.807, 2.05) is 31.2 Å². The van der Waals surface area contributed by atoms with E-state index < -0.39 is 10.0 Å². The van der Waals surface area contributed by atoms with Gasteiger partial charge in [0.1, 0.15) is 5.75 Å². The van der Waals surface area contributed by atoms with Gasteiger partial charge in [-0.3, -0.25) is 4.79 Å². The molecule has 1 aromatic heterocycles. The molecule has 2 aromatic carbocycles. The molecule has 0 fully saturated rings. The van der Waals surface area contributed by atoms with Crippen LogP contribution in [-0.4, -0.2) is 65.5 Å². The molecule has 3 rings (SSSR count). The van der Waals surface area contributed by atoms with Crippen LogP contribution in [-0.2, 0) is 14.8 Å². The lowest BCUT2D eigenvalue weighted by molar-refractivity contribution is -0.113. The Morgan fingerprint density at radius 3 is 2.44 bits per heavy atom. The number of nitrogens with one attached hydrogen (secondary N) is 3. The summed E-state index contributed by atoms with van der Waals surface area (Å²) in [6.45, 7) is 6.90. The van der Waals surface area contributed by atoms with Crippen LogP contribution in [0.3, 0.4) is 0 Å². The van der Waals surface area contributed by atoms with Crippen LogP contribution in [0.1, 0.15) is 26.3 Å². The van der Waals surface area contributed by atoms with Gasteiger partial charge in [-0.05, 0) is 61.0 Å². The van der Waals surface area contributed by atoms with Crippen molar-refractivity contribution in [2.24, 2.45) is 5.10 Å². The topological polar surface area (TPSA) is 142 Å². The van der Waals surface area contributed by atoms with E-state index in [0.717, 1.165) is 23.1 Å². The second-order valence-electron chi connectivity index (χ2n) is 7.29. The molecule has 0 unspecified atom stereocenters. The third kappa shape index (κ3) is 7.54. The summed E-state index contributed by atoms with van der Waals surface area (Å²) in [5.74, 6) is 0.938. The van der Waals surface area contributed by atoms with Gasteiger partial charge in [0.15, 0.2) is 0 Å². The zero-order valence-corrected chi connectivity index (χ0v) is 21.9. The minimum Gasteiger partial charge on any atom is -0.494 e. The summed E-state index contributed by atoms with van der Waals surface area (Å²) in [7, 11) is -3.54. The third-order valence-electron chi connectivity index (χ3n) is 4.85. The van der Waals surface area contributed by atoms with Gasteiger partial charge in [-0.25, -0.2) is 18.9 Å². The Morgan fingerprint density at radius 1 is 1.11 bits per heavy atom. The van der Waals surface area contributed by atoms with Crippen molar-refractivity contribution in [1.29, 1.82) is 0 Å². The van der Waals surface area contributed by atoms with Gasteiger partial charge < -0.3 is 10.1 Å². The predicted octanol–water partition coefficient (Wildman–Crippen LogP) is 3.41. The van der Waals surface area contributed by atoms with E-state index in [9.17, 15) is 13.2 Å². The van der Waals surface area contributed by atoms with Crippen molar-refractivity contribution in [1.82, 2.24) is 19.5 Å². The van der Waals surface area contributed by atoms with Crippen molar-refractivity contribution < 1.29 is 17.9 Å². The molecule has 0 atom stereocenters. The fourth-order valence-electron chi connectivity index (χ4n) is 3.10. The molecule has 11 nitrogen and oxygen atoms in total. The molecule has 3 aromatic rings. The number of aromatic nitrogens is 3. The molecule has 3 N–H and O–H groups in total. The molecule has 0 spiro atoms. The lowest BCUT2D eigenvalue weighted by Gasteiger charge is -2.18. The minimum atomic E-state index is -3.54. The predicted molar refractivity (Wildman–Crippen MR) is 141 cm³/mol. The Morgan fingerprint density at radius 2 is 1.81 bits per heavy atom. The lowest BCUT2D eigenvalue weighted by atomic mass is 10.2. The highest BCUT2D eigenvalue weighted by molar-refractivity contribution is 7.99. The van der Waals surface area contributed by atoms with Crippen molar-refractivity contribution in [3.8, 4) is 5.75 Å². The summed E-state index contributed by atoms with van der Waals surface area (Å²) < 4.78 is 31.9. The highest BCUT2D eigenvalue weighted by Gasteiger charge is 2.21. The van der Waals surface area contributed by atoms with Crippen LogP contribution in [0.15, 0.2) is 63.7 Å². The first kappa shape index (κ1) is 27.2.